The van der Waals surface area contributed by atoms with Crippen molar-refractivity contribution in [1.82, 2.24) is 19.9 Å². The highest BCUT2D eigenvalue weighted by atomic mass is 19.2. The summed E-state index contributed by atoms with van der Waals surface area (Å²) >= 11 is 0. The van der Waals surface area contributed by atoms with Gasteiger partial charge in [0, 0.05) is 43.6 Å². The minimum absolute atomic E-state index is 0.0186. The van der Waals surface area contributed by atoms with Gasteiger partial charge in [0.15, 0.2) is 17.3 Å². The molecule has 1 aliphatic rings. The minimum atomic E-state index is -0.892. The average molecular weight is 486 g/mol. The SMILES string of the molecule is CCCn1c(=O)[nH]c(=O)c2c(C(=O)NCC3CCN(c4ccc(F)c(F)c4)C3)cc(C(C)C)nc21. The molecule has 1 fully saturated rings. The van der Waals surface area contributed by atoms with E-state index in [-0.39, 0.29) is 28.4 Å². The Morgan fingerprint density at radius 1 is 1.23 bits per heavy atom. The predicted molar refractivity (Wildman–Crippen MR) is 130 cm³/mol. The Bertz CT molecular complexity index is 1380. The van der Waals surface area contributed by atoms with E-state index < -0.39 is 28.8 Å². The molecule has 3 heterocycles. The van der Waals surface area contributed by atoms with Gasteiger partial charge in [-0.1, -0.05) is 20.8 Å². The van der Waals surface area contributed by atoms with E-state index in [2.05, 4.69) is 15.3 Å². The lowest BCUT2D eigenvalue weighted by molar-refractivity contribution is 0.0949. The molecule has 1 unspecified atom stereocenters. The Morgan fingerprint density at radius 2 is 2.00 bits per heavy atom. The molecule has 0 aliphatic carbocycles. The predicted octanol–water partition coefficient (Wildman–Crippen LogP) is 3.15. The van der Waals surface area contributed by atoms with E-state index in [4.69, 9.17) is 0 Å². The fourth-order valence-corrected chi connectivity index (χ4v) is 4.45. The highest BCUT2D eigenvalue weighted by Gasteiger charge is 2.25. The van der Waals surface area contributed by atoms with Crippen molar-refractivity contribution in [1.29, 1.82) is 0 Å². The second-order valence-electron chi connectivity index (χ2n) is 9.27. The van der Waals surface area contributed by atoms with Crippen LogP contribution in [-0.4, -0.2) is 40.1 Å². The molecule has 1 saturated heterocycles. The van der Waals surface area contributed by atoms with E-state index >= 15 is 0 Å². The third-order valence-corrected chi connectivity index (χ3v) is 6.36. The number of halogens is 2. The number of aromatic nitrogens is 3. The van der Waals surface area contributed by atoms with Crippen LogP contribution in [-0.2, 0) is 6.54 Å². The highest BCUT2D eigenvalue weighted by molar-refractivity contribution is 6.05. The summed E-state index contributed by atoms with van der Waals surface area (Å²) < 4.78 is 28.3. The van der Waals surface area contributed by atoms with Gasteiger partial charge >= 0.3 is 5.69 Å². The smallest absolute Gasteiger partial charge is 0.329 e. The van der Waals surface area contributed by atoms with E-state index in [1.807, 2.05) is 25.7 Å². The maximum Gasteiger partial charge on any atom is 0.329 e. The standard InChI is InChI=1S/C25H29F2N5O3/c1-4-8-32-22-21(24(34)30-25(32)35)17(11-20(29-22)14(2)3)23(33)28-12-15-7-9-31(13-15)16-5-6-18(26)19(27)10-16/h5-6,10-11,14-15H,4,7-9,12-13H2,1-3H3,(H,28,33)(H,30,34,35). The van der Waals surface area contributed by atoms with Crippen LogP contribution in [0.5, 0.6) is 0 Å². The van der Waals surface area contributed by atoms with Crippen molar-refractivity contribution in [3.63, 3.8) is 0 Å². The molecular formula is C25H29F2N5O3. The first-order valence-corrected chi connectivity index (χ1v) is 11.9. The number of H-pyrrole nitrogens is 1. The van der Waals surface area contributed by atoms with Crippen molar-refractivity contribution in [3.05, 3.63) is 68.0 Å². The third kappa shape index (κ3) is 4.96. The van der Waals surface area contributed by atoms with Crippen LogP contribution in [0.25, 0.3) is 11.0 Å². The minimum Gasteiger partial charge on any atom is -0.371 e. The Balaban J connectivity index is 1.58. The zero-order valence-electron chi connectivity index (χ0n) is 20.0. The number of aryl methyl sites for hydroxylation is 1. The highest BCUT2D eigenvalue weighted by Crippen LogP contribution is 2.25. The molecule has 0 spiro atoms. The lowest BCUT2D eigenvalue weighted by atomic mass is 10.0. The van der Waals surface area contributed by atoms with Crippen LogP contribution < -0.4 is 21.5 Å². The number of benzene rings is 1. The fourth-order valence-electron chi connectivity index (χ4n) is 4.45. The van der Waals surface area contributed by atoms with Crippen LogP contribution in [0.4, 0.5) is 14.5 Å². The van der Waals surface area contributed by atoms with Gasteiger partial charge in [-0.25, -0.2) is 18.6 Å². The Labute approximate surface area is 201 Å². The molecule has 0 radical (unpaired) electrons. The van der Waals surface area contributed by atoms with Gasteiger partial charge in [0.25, 0.3) is 11.5 Å². The summed E-state index contributed by atoms with van der Waals surface area (Å²) in [6, 6.07) is 5.43. The molecule has 186 valence electrons. The molecule has 1 amide bonds. The molecule has 10 heteroatoms. The zero-order valence-corrected chi connectivity index (χ0v) is 20.0. The van der Waals surface area contributed by atoms with Crippen LogP contribution in [0.15, 0.2) is 33.9 Å². The molecule has 3 aromatic rings. The number of pyridine rings is 1. The fraction of sp³-hybridized carbons (Fsp3) is 0.440. The molecule has 2 N–H and O–H groups in total. The number of anilines is 1. The summed E-state index contributed by atoms with van der Waals surface area (Å²) in [5, 5.41) is 3.01. The third-order valence-electron chi connectivity index (χ3n) is 6.36. The number of carbonyl (C=O) groups excluding carboxylic acids is 1. The molecule has 2 aromatic heterocycles. The number of carbonyl (C=O) groups is 1. The Morgan fingerprint density at radius 3 is 2.69 bits per heavy atom. The van der Waals surface area contributed by atoms with Gasteiger partial charge in [0.05, 0.1) is 10.9 Å². The first-order chi connectivity index (χ1) is 16.7. The number of fused-ring (bicyclic) bond motifs is 1. The van der Waals surface area contributed by atoms with Crippen molar-refractivity contribution in [2.75, 3.05) is 24.5 Å². The second kappa shape index (κ2) is 9.97. The van der Waals surface area contributed by atoms with Gasteiger partial charge in [0.2, 0.25) is 0 Å². The summed E-state index contributed by atoms with van der Waals surface area (Å²) in [7, 11) is 0. The molecule has 1 atom stereocenters. The summed E-state index contributed by atoms with van der Waals surface area (Å²) in [4.78, 5) is 47.2. The molecule has 8 nitrogen and oxygen atoms in total. The van der Waals surface area contributed by atoms with Crippen molar-refractivity contribution in [3.8, 4) is 0 Å². The molecule has 0 bridgehead atoms. The van der Waals surface area contributed by atoms with Crippen LogP contribution in [0.3, 0.4) is 0 Å². The maximum absolute atomic E-state index is 13.6. The quantitative estimate of drug-likeness (QED) is 0.536. The van der Waals surface area contributed by atoms with Crippen LogP contribution in [0, 0.1) is 17.6 Å². The summed E-state index contributed by atoms with van der Waals surface area (Å²) in [5.41, 5.74) is 0.411. The first kappa shape index (κ1) is 24.6. The molecule has 1 aromatic carbocycles. The molecule has 4 rings (SSSR count). The van der Waals surface area contributed by atoms with Gasteiger partial charge in [-0.15, -0.1) is 0 Å². The van der Waals surface area contributed by atoms with E-state index in [1.165, 1.54) is 16.7 Å². The van der Waals surface area contributed by atoms with Crippen molar-refractivity contribution in [2.45, 2.75) is 46.1 Å². The van der Waals surface area contributed by atoms with Gasteiger partial charge < -0.3 is 10.2 Å². The maximum atomic E-state index is 13.6. The van der Waals surface area contributed by atoms with Gasteiger partial charge in [0.1, 0.15) is 0 Å². The number of hydrogen-bond acceptors (Lipinski definition) is 5. The largest absolute Gasteiger partial charge is 0.371 e. The van der Waals surface area contributed by atoms with Crippen molar-refractivity contribution >= 4 is 22.6 Å². The number of nitrogens with zero attached hydrogens (tertiary/aromatic N) is 3. The lowest BCUT2D eigenvalue weighted by Crippen LogP contribution is -2.35. The number of hydrogen-bond donors (Lipinski definition) is 2. The van der Waals surface area contributed by atoms with E-state index in [0.29, 0.717) is 44.0 Å². The number of aromatic amines is 1. The lowest BCUT2D eigenvalue weighted by Gasteiger charge is -2.19. The normalized spacial score (nSPS) is 15.8. The monoisotopic (exact) mass is 485 g/mol. The van der Waals surface area contributed by atoms with E-state index in [0.717, 1.165) is 12.5 Å². The topological polar surface area (TPSA) is 100 Å². The number of amides is 1. The van der Waals surface area contributed by atoms with Gasteiger partial charge in [-0.3, -0.25) is 19.1 Å². The van der Waals surface area contributed by atoms with Crippen molar-refractivity contribution < 1.29 is 13.6 Å². The molecular weight excluding hydrogens is 456 g/mol. The first-order valence-electron chi connectivity index (χ1n) is 11.9. The van der Waals surface area contributed by atoms with Gasteiger partial charge in [-0.2, -0.15) is 0 Å². The van der Waals surface area contributed by atoms with Gasteiger partial charge in [-0.05, 0) is 42.9 Å². The Hall–Kier alpha value is -3.56. The summed E-state index contributed by atoms with van der Waals surface area (Å²) in [5.74, 6) is -2.12. The summed E-state index contributed by atoms with van der Waals surface area (Å²) in [6.07, 6.45) is 1.43. The van der Waals surface area contributed by atoms with E-state index in [9.17, 15) is 23.2 Å². The van der Waals surface area contributed by atoms with E-state index in [1.54, 1.807) is 6.07 Å². The van der Waals surface area contributed by atoms with Crippen LogP contribution in [0.2, 0.25) is 0 Å². The van der Waals surface area contributed by atoms with Crippen molar-refractivity contribution in [2.24, 2.45) is 5.92 Å². The Kier molecular flexibility index (Phi) is 7.00. The average Bonchev–Trinajstić information content (AvgIpc) is 3.30. The zero-order chi connectivity index (χ0) is 25.3. The number of rotatable bonds is 7. The second-order valence-corrected chi connectivity index (χ2v) is 9.27. The molecule has 0 saturated carbocycles. The molecule has 1 aliphatic heterocycles. The van der Waals surface area contributed by atoms with Crippen LogP contribution in [0.1, 0.15) is 55.6 Å². The summed E-state index contributed by atoms with van der Waals surface area (Å²) in [6.45, 7) is 7.72. The molecule has 35 heavy (non-hydrogen) atoms. The van der Waals surface area contributed by atoms with Crippen LogP contribution >= 0.6 is 0 Å². The number of nitrogens with one attached hydrogen (secondary N) is 2.